The van der Waals surface area contributed by atoms with E-state index in [4.69, 9.17) is 16.0 Å². The highest BCUT2D eigenvalue weighted by atomic mass is 35.5. The van der Waals surface area contributed by atoms with Gasteiger partial charge < -0.3 is 9.73 Å². The summed E-state index contributed by atoms with van der Waals surface area (Å²) in [5.41, 5.74) is 1.01. The Morgan fingerprint density at radius 3 is 2.53 bits per heavy atom. The molecule has 1 aromatic heterocycles. The van der Waals surface area contributed by atoms with Crippen LogP contribution >= 0.6 is 11.6 Å². The molecule has 0 bridgehead atoms. The molecule has 0 radical (unpaired) electrons. The molecule has 0 aliphatic carbocycles. The summed E-state index contributed by atoms with van der Waals surface area (Å²) in [4.78, 5) is 0. The second kappa shape index (κ2) is 5.72. The molecule has 19 heavy (non-hydrogen) atoms. The average molecular weight is 280 g/mol. The third-order valence-electron chi connectivity index (χ3n) is 2.58. The van der Waals surface area contributed by atoms with Crippen molar-refractivity contribution in [3.05, 3.63) is 46.6 Å². The summed E-state index contributed by atoms with van der Waals surface area (Å²) >= 11 is 6.10. The second-order valence-electron chi connectivity index (χ2n) is 5.46. The zero-order valence-corrected chi connectivity index (χ0v) is 12.2. The molecule has 0 fully saturated rings. The fraction of sp³-hybridized carbons (Fsp3) is 0.429. The highest BCUT2D eigenvalue weighted by Crippen LogP contribution is 2.18. The van der Waals surface area contributed by atoms with Crippen molar-refractivity contribution in [3.8, 4) is 0 Å². The van der Waals surface area contributed by atoms with Gasteiger partial charge in [-0.3, -0.25) is 0 Å². The lowest BCUT2D eigenvalue weighted by atomic mass is 10.1. The van der Waals surface area contributed by atoms with Crippen LogP contribution in [0.1, 0.15) is 38.1 Å². The SMILES string of the molecule is CC(C)(C)NCc1nnc(Cc2ccccc2Cl)o1. The predicted molar refractivity (Wildman–Crippen MR) is 75.1 cm³/mol. The van der Waals surface area contributed by atoms with Gasteiger partial charge in [-0.15, -0.1) is 10.2 Å². The number of benzene rings is 1. The van der Waals surface area contributed by atoms with Crippen molar-refractivity contribution >= 4 is 11.6 Å². The molecule has 2 aromatic rings. The lowest BCUT2D eigenvalue weighted by Crippen LogP contribution is -2.35. The van der Waals surface area contributed by atoms with E-state index in [2.05, 4.69) is 36.3 Å². The number of hydrogen-bond acceptors (Lipinski definition) is 4. The molecule has 0 unspecified atom stereocenters. The van der Waals surface area contributed by atoms with Crippen LogP contribution in [0, 0.1) is 0 Å². The minimum Gasteiger partial charge on any atom is -0.424 e. The van der Waals surface area contributed by atoms with Gasteiger partial charge in [-0.2, -0.15) is 0 Å². The summed E-state index contributed by atoms with van der Waals surface area (Å²) in [6.07, 6.45) is 0.558. The van der Waals surface area contributed by atoms with Gasteiger partial charge in [0.1, 0.15) is 0 Å². The third-order valence-corrected chi connectivity index (χ3v) is 2.95. The van der Waals surface area contributed by atoms with Gasteiger partial charge in [-0.1, -0.05) is 29.8 Å². The van der Waals surface area contributed by atoms with Crippen molar-refractivity contribution in [3.63, 3.8) is 0 Å². The Morgan fingerprint density at radius 2 is 1.84 bits per heavy atom. The zero-order valence-electron chi connectivity index (χ0n) is 11.4. The molecule has 5 heteroatoms. The zero-order chi connectivity index (χ0) is 13.9. The van der Waals surface area contributed by atoms with Crippen molar-refractivity contribution in [2.75, 3.05) is 0 Å². The van der Waals surface area contributed by atoms with Gasteiger partial charge >= 0.3 is 0 Å². The summed E-state index contributed by atoms with van der Waals surface area (Å²) in [5, 5.41) is 12.1. The number of halogens is 1. The second-order valence-corrected chi connectivity index (χ2v) is 5.87. The van der Waals surface area contributed by atoms with Gasteiger partial charge in [0.2, 0.25) is 11.8 Å². The summed E-state index contributed by atoms with van der Waals surface area (Å²) in [7, 11) is 0. The maximum atomic E-state index is 6.10. The monoisotopic (exact) mass is 279 g/mol. The first kappa shape index (κ1) is 14.0. The fourth-order valence-corrected chi connectivity index (χ4v) is 1.78. The summed E-state index contributed by atoms with van der Waals surface area (Å²) in [6, 6.07) is 7.66. The molecular formula is C14H18ClN3O. The number of aromatic nitrogens is 2. The molecule has 1 N–H and O–H groups in total. The van der Waals surface area contributed by atoms with Crippen LogP contribution in [0.15, 0.2) is 28.7 Å². The van der Waals surface area contributed by atoms with E-state index >= 15 is 0 Å². The first-order chi connectivity index (χ1) is 8.94. The molecule has 102 valence electrons. The van der Waals surface area contributed by atoms with Crippen LogP contribution in [-0.2, 0) is 13.0 Å². The van der Waals surface area contributed by atoms with Crippen molar-refractivity contribution in [1.82, 2.24) is 15.5 Å². The van der Waals surface area contributed by atoms with E-state index in [0.717, 1.165) is 10.6 Å². The number of nitrogens with zero attached hydrogens (tertiary/aromatic N) is 2. The Hall–Kier alpha value is -1.39. The maximum Gasteiger partial charge on any atom is 0.230 e. The van der Waals surface area contributed by atoms with Crippen molar-refractivity contribution in [1.29, 1.82) is 0 Å². The van der Waals surface area contributed by atoms with Crippen LogP contribution < -0.4 is 5.32 Å². The van der Waals surface area contributed by atoms with Gasteiger partial charge in [0, 0.05) is 10.6 Å². The predicted octanol–water partition coefficient (Wildman–Crippen LogP) is 3.20. The Labute approximate surface area is 118 Å². The molecule has 1 heterocycles. The van der Waals surface area contributed by atoms with E-state index in [-0.39, 0.29) is 5.54 Å². The standard InChI is InChI=1S/C14H18ClN3O/c1-14(2,3)16-9-13-18-17-12(19-13)8-10-6-4-5-7-11(10)15/h4-7,16H,8-9H2,1-3H3. The van der Waals surface area contributed by atoms with E-state index in [9.17, 15) is 0 Å². The molecule has 4 nitrogen and oxygen atoms in total. The highest BCUT2D eigenvalue weighted by molar-refractivity contribution is 6.31. The summed E-state index contributed by atoms with van der Waals surface area (Å²) in [6.45, 7) is 6.84. The smallest absolute Gasteiger partial charge is 0.230 e. The van der Waals surface area contributed by atoms with E-state index in [1.807, 2.05) is 24.3 Å². The molecule has 0 aliphatic rings. The normalized spacial score (nSPS) is 11.8. The van der Waals surface area contributed by atoms with E-state index in [0.29, 0.717) is 24.7 Å². The minimum atomic E-state index is 0.0252. The van der Waals surface area contributed by atoms with Crippen LogP contribution in [-0.4, -0.2) is 15.7 Å². The largest absolute Gasteiger partial charge is 0.424 e. The number of nitrogens with one attached hydrogen (secondary N) is 1. The van der Waals surface area contributed by atoms with Crippen molar-refractivity contribution in [2.24, 2.45) is 0 Å². The number of rotatable bonds is 4. The lowest BCUT2D eigenvalue weighted by molar-refractivity contribution is 0.373. The topological polar surface area (TPSA) is 51.0 Å². The van der Waals surface area contributed by atoms with E-state index in [1.54, 1.807) is 0 Å². The maximum absolute atomic E-state index is 6.10. The van der Waals surface area contributed by atoms with Gasteiger partial charge in [0.25, 0.3) is 0 Å². The van der Waals surface area contributed by atoms with E-state index in [1.165, 1.54) is 0 Å². The Morgan fingerprint density at radius 1 is 1.16 bits per heavy atom. The highest BCUT2D eigenvalue weighted by Gasteiger charge is 2.13. The van der Waals surface area contributed by atoms with Gasteiger partial charge in [-0.25, -0.2) is 0 Å². The van der Waals surface area contributed by atoms with Crippen molar-refractivity contribution in [2.45, 2.75) is 39.3 Å². The van der Waals surface area contributed by atoms with Gasteiger partial charge in [0.15, 0.2) is 0 Å². The minimum absolute atomic E-state index is 0.0252. The Bertz CT molecular complexity index is 546. The molecule has 2 rings (SSSR count). The van der Waals surface area contributed by atoms with Crippen LogP contribution in [0.25, 0.3) is 0 Å². The fourth-order valence-electron chi connectivity index (χ4n) is 1.58. The number of hydrogen-bond donors (Lipinski definition) is 1. The molecule has 0 saturated carbocycles. The van der Waals surface area contributed by atoms with Crippen LogP contribution in [0.5, 0.6) is 0 Å². The van der Waals surface area contributed by atoms with Gasteiger partial charge in [-0.05, 0) is 32.4 Å². The average Bonchev–Trinajstić information content (AvgIpc) is 2.77. The Balaban J connectivity index is 2.00. The molecule has 0 atom stereocenters. The first-order valence-corrected chi connectivity index (χ1v) is 6.61. The summed E-state index contributed by atoms with van der Waals surface area (Å²) < 4.78 is 5.59. The van der Waals surface area contributed by atoms with Crippen molar-refractivity contribution < 1.29 is 4.42 Å². The molecule has 1 aromatic carbocycles. The van der Waals surface area contributed by atoms with E-state index < -0.39 is 0 Å². The molecule has 0 amide bonds. The molecule has 0 saturated heterocycles. The van der Waals surface area contributed by atoms with Crippen LogP contribution in [0.2, 0.25) is 5.02 Å². The molecule has 0 spiro atoms. The van der Waals surface area contributed by atoms with Crippen LogP contribution in [0.4, 0.5) is 0 Å². The Kier molecular flexibility index (Phi) is 4.22. The quantitative estimate of drug-likeness (QED) is 0.934. The third kappa shape index (κ3) is 4.33. The molecular weight excluding hydrogens is 262 g/mol. The molecule has 0 aliphatic heterocycles. The van der Waals surface area contributed by atoms with Crippen LogP contribution in [0.3, 0.4) is 0 Å². The summed E-state index contributed by atoms with van der Waals surface area (Å²) in [5.74, 6) is 1.18. The lowest BCUT2D eigenvalue weighted by Gasteiger charge is -2.18. The first-order valence-electron chi connectivity index (χ1n) is 6.24. The van der Waals surface area contributed by atoms with Gasteiger partial charge in [0.05, 0.1) is 13.0 Å².